The molecule has 1 fully saturated rings. The van der Waals surface area contributed by atoms with Gasteiger partial charge in [-0.3, -0.25) is 19.7 Å². The highest BCUT2D eigenvalue weighted by Gasteiger charge is 2.24. The third-order valence-electron chi connectivity index (χ3n) is 2.15. The fourth-order valence-electron chi connectivity index (χ4n) is 1.42. The second-order valence-electron chi connectivity index (χ2n) is 3.64. The van der Waals surface area contributed by atoms with E-state index in [1.807, 2.05) is 0 Å². The first-order valence-electron chi connectivity index (χ1n) is 5.18. The lowest BCUT2D eigenvalue weighted by atomic mass is 10.2. The number of imide groups is 1. The van der Waals surface area contributed by atoms with E-state index in [9.17, 15) is 14.4 Å². The van der Waals surface area contributed by atoms with Crippen molar-refractivity contribution in [1.82, 2.24) is 5.32 Å². The van der Waals surface area contributed by atoms with Crippen LogP contribution in [0.3, 0.4) is 0 Å². The third-order valence-corrected chi connectivity index (χ3v) is 3.26. The van der Waals surface area contributed by atoms with Gasteiger partial charge in [-0.2, -0.15) is 0 Å². The highest BCUT2D eigenvalue weighted by molar-refractivity contribution is 8.18. The summed E-state index contributed by atoms with van der Waals surface area (Å²) < 4.78 is 4.88. The fourth-order valence-corrected chi connectivity index (χ4v) is 2.33. The van der Waals surface area contributed by atoms with Crippen molar-refractivity contribution in [2.75, 3.05) is 0 Å². The van der Waals surface area contributed by atoms with Gasteiger partial charge in [-0.15, -0.1) is 0 Å². The van der Waals surface area contributed by atoms with Crippen molar-refractivity contribution >= 4 is 46.6 Å². The van der Waals surface area contributed by atoms with E-state index in [0.717, 1.165) is 11.8 Å². The minimum Gasteiger partial charge on any atom is -0.425 e. The van der Waals surface area contributed by atoms with Gasteiger partial charge in [0.05, 0.1) is 9.93 Å². The van der Waals surface area contributed by atoms with Gasteiger partial charge < -0.3 is 4.74 Å². The zero-order chi connectivity index (χ0) is 14.0. The molecule has 0 bridgehead atoms. The summed E-state index contributed by atoms with van der Waals surface area (Å²) in [6, 6.07) is 4.70. The zero-order valence-corrected chi connectivity index (χ0v) is 11.3. The molecule has 1 heterocycles. The number of amides is 2. The summed E-state index contributed by atoms with van der Waals surface area (Å²) in [7, 11) is 0. The second-order valence-corrected chi connectivity index (χ2v) is 5.06. The highest BCUT2D eigenvalue weighted by Crippen LogP contribution is 2.29. The number of thioether (sulfide) groups is 1. The van der Waals surface area contributed by atoms with Crippen molar-refractivity contribution in [3.8, 4) is 5.75 Å². The minimum absolute atomic E-state index is 0.246. The Hall–Kier alpha value is -1.79. The quantitative estimate of drug-likeness (QED) is 0.516. The van der Waals surface area contributed by atoms with Crippen LogP contribution in [-0.2, 0) is 9.59 Å². The third kappa shape index (κ3) is 3.36. The number of halogens is 1. The van der Waals surface area contributed by atoms with E-state index < -0.39 is 17.1 Å². The van der Waals surface area contributed by atoms with Gasteiger partial charge in [-0.25, -0.2) is 0 Å². The molecule has 0 spiro atoms. The Morgan fingerprint density at radius 2 is 2.16 bits per heavy atom. The van der Waals surface area contributed by atoms with Gasteiger partial charge in [0, 0.05) is 6.92 Å². The standard InChI is InChI=1S/C12H8ClNO4S/c1-6(15)18-9-3-2-7(4-8(9)13)5-10-11(16)14-12(17)19-10/h2-5H,1H3,(H,14,16,17)/b10-5-. The average Bonchev–Trinajstić information content (AvgIpc) is 2.61. The van der Waals surface area contributed by atoms with Crippen molar-refractivity contribution < 1.29 is 19.1 Å². The molecule has 0 atom stereocenters. The van der Waals surface area contributed by atoms with Gasteiger partial charge in [0.2, 0.25) is 0 Å². The number of benzene rings is 1. The molecule has 2 rings (SSSR count). The summed E-state index contributed by atoms with van der Waals surface area (Å²) in [5.41, 5.74) is 0.633. The van der Waals surface area contributed by atoms with E-state index in [2.05, 4.69) is 5.32 Å². The maximum atomic E-state index is 11.4. The van der Waals surface area contributed by atoms with Crippen LogP contribution in [-0.4, -0.2) is 17.1 Å². The smallest absolute Gasteiger partial charge is 0.308 e. The Labute approximate surface area is 117 Å². The summed E-state index contributed by atoms with van der Waals surface area (Å²) in [6.45, 7) is 1.28. The lowest BCUT2D eigenvalue weighted by Gasteiger charge is -2.04. The predicted octanol–water partition coefficient (Wildman–Crippen LogP) is 2.59. The lowest BCUT2D eigenvalue weighted by Crippen LogP contribution is -2.17. The number of esters is 1. The molecule has 1 aromatic rings. The summed E-state index contributed by atoms with van der Waals surface area (Å²) in [5, 5.41) is 2.00. The maximum absolute atomic E-state index is 11.4. The summed E-state index contributed by atoms with van der Waals surface area (Å²) in [4.78, 5) is 33.5. The Kier molecular flexibility index (Phi) is 3.92. The highest BCUT2D eigenvalue weighted by atomic mass is 35.5. The van der Waals surface area contributed by atoms with Crippen LogP contribution >= 0.6 is 23.4 Å². The van der Waals surface area contributed by atoms with Gasteiger partial charge >= 0.3 is 5.97 Å². The van der Waals surface area contributed by atoms with Crippen molar-refractivity contribution in [2.24, 2.45) is 0 Å². The molecule has 1 aromatic carbocycles. The molecule has 98 valence electrons. The molecule has 0 aliphatic carbocycles. The van der Waals surface area contributed by atoms with Crippen LogP contribution in [0.2, 0.25) is 5.02 Å². The van der Waals surface area contributed by atoms with Gasteiger partial charge in [0.1, 0.15) is 5.75 Å². The van der Waals surface area contributed by atoms with E-state index in [-0.39, 0.29) is 10.8 Å². The van der Waals surface area contributed by atoms with Crippen molar-refractivity contribution in [2.45, 2.75) is 6.92 Å². The van der Waals surface area contributed by atoms with Crippen LogP contribution in [0.25, 0.3) is 6.08 Å². The SMILES string of the molecule is CC(=O)Oc1ccc(/C=C2\SC(=O)NC2=O)cc1Cl. The molecular formula is C12H8ClNO4S. The van der Waals surface area contributed by atoms with Crippen LogP contribution in [0, 0.1) is 0 Å². The molecule has 1 N–H and O–H groups in total. The van der Waals surface area contributed by atoms with Crippen LogP contribution in [0.4, 0.5) is 4.79 Å². The van der Waals surface area contributed by atoms with Crippen molar-refractivity contribution in [3.63, 3.8) is 0 Å². The Morgan fingerprint density at radius 1 is 1.42 bits per heavy atom. The number of ether oxygens (including phenoxy) is 1. The van der Waals surface area contributed by atoms with E-state index >= 15 is 0 Å². The predicted molar refractivity (Wildman–Crippen MR) is 71.9 cm³/mol. The van der Waals surface area contributed by atoms with Crippen LogP contribution in [0.15, 0.2) is 23.1 Å². The van der Waals surface area contributed by atoms with Gasteiger partial charge in [-0.1, -0.05) is 17.7 Å². The molecule has 0 saturated carbocycles. The van der Waals surface area contributed by atoms with Crippen LogP contribution < -0.4 is 10.1 Å². The number of nitrogens with one attached hydrogen (secondary N) is 1. The largest absolute Gasteiger partial charge is 0.425 e. The maximum Gasteiger partial charge on any atom is 0.308 e. The van der Waals surface area contributed by atoms with Gasteiger partial charge in [0.25, 0.3) is 11.1 Å². The molecule has 1 saturated heterocycles. The van der Waals surface area contributed by atoms with Gasteiger partial charge in [0.15, 0.2) is 0 Å². The normalized spacial score (nSPS) is 16.6. The van der Waals surface area contributed by atoms with Crippen molar-refractivity contribution in [3.05, 3.63) is 33.7 Å². The van der Waals surface area contributed by atoms with Crippen molar-refractivity contribution in [1.29, 1.82) is 0 Å². The first-order chi connectivity index (χ1) is 8.95. The minimum atomic E-state index is -0.468. The second kappa shape index (κ2) is 5.46. The molecule has 19 heavy (non-hydrogen) atoms. The molecule has 0 unspecified atom stereocenters. The molecule has 1 aliphatic heterocycles. The Balaban J connectivity index is 2.25. The molecule has 1 aliphatic rings. The van der Waals surface area contributed by atoms with E-state index in [1.54, 1.807) is 12.1 Å². The summed E-state index contributed by atoms with van der Waals surface area (Å²) in [6.07, 6.45) is 1.54. The lowest BCUT2D eigenvalue weighted by molar-refractivity contribution is -0.131. The molecule has 0 radical (unpaired) electrons. The zero-order valence-electron chi connectivity index (χ0n) is 9.73. The van der Waals surface area contributed by atoms with Crippen LogP contribution in [0.1, 0.15) is 12.5 Å². The van der Waals surface area contributed by atoms with E-state index in [0.29, 0.717) is 10.5 Å². The number of hydrogen-bond acceptors (Lipinski definition) is 5. The average molecular weight is 298 g/mol. The first kappa shape index (κ1) is 13.6. The molecule has 0 aromatic heterocycles. The molecule has 2 amide bonds. The number of carbonyl (C=O) groups excluding carboxylic acids is 3. The van der Waals surface area contributed by atoms with E-state index in [1.165, 1.54) is 19.1 Å². The topological polar surface area (TPSA) is 72.5 Å². The number of carbonyl (C=O) groups is 3. The molecule has 5 nitrogen and oxygen atoms in total. The Bertz CT molecular complexity index is 612. The van der Waals surface area contributed by atoms with Gasteiger partial charge in [-0.05, 0) is 35.5 Å². The summed E-state index contributed by atoms with van der Waals surface area (Å²) in [5.74, 6) is -0.657. The summed E-state index contributed by atoms with van der Waals surface area (Å²) >= 11 is 6.77. The Morgan fingerprint density at radius 3 is 2.68 bits per heavy atom. The molecular weight excluding hydrogens is 290 g/mol. The number of rotatable bonds is 2. The van der Waals surface area contributed by atoms with E-state index in [4.69, 9.17) is 16.3 Å². The fraction of sp³-hybridized carbons (Fsp3) is 0.0833. The number of hydrogen-bond donors (Lipinski definition) is 1. The first-order valence-corrected chi connectivity index (χ1v) is 6.38. The molecule has 7 heteroatoms. The van der Waals surface area contributed by atoms with Crippen LogP contribution in [0.5, 0.6) is 5.75 Å². The monoisotopic (exact) mass is 297 g/mol.